The average molecular weight is 297 g/mol. The molecule has 3 rings (SSSR count). The average Bonchev–Trinajstić information content (AvgIpc) is 2.93. The van der Waals surface area contributed by atoms with E-state index in [0.29, 0.717) is 24.1 Å². The molecule has 0 radical (unpaired) electrons. The number of halogens is 1. The summed E-state index contributed by atoms with van der Waals surface area (Å²) in [4.78, 5) is 24.7. The molecule has 7 heteroatoms. The van der Waals surface area contributed by atoms with Gasteiger partial charge in [0.2, 0.25) is 5.91 Å². The summed E-state index contributed by atoms with van der Waals surface area (Å²) < 4.78 is 34.8. The van der Waals surface area contributed by atoms with Crippen molar-refractivity contribution in [3.63, 3.8) is 0 Å². The van der Waals surface area contributed by atoms with Crippen molar-refractivity contribution in [3.05, 3.63) is 29.3 Å². The Balaban J connectivity index is 1.93. The molecule has 1 heterocycles. The second kappa shape index (κ2) is 4.37. The SMILES string of the molecule is O=C1CCc2ccc(N3CC(S(=O)(=O)F)CC3=O)cc21. The highest BCUT2D eigenvalue weighted by atomic mass is 32.3. The number of hydrogen-bond donors (Lipinski definition) is 0. The van der Waals surface area contributed by atoms with Gasteiger partial charge in [0.25, 0.3) is 0 Å². The summed E-state index contributed by atoms with van der Waals surface area (Å²) in [5.74, 6) is -0.426. The van der Waals surface area contributed by atoms with E-state index in [1.54, 1.807) is 18.2 Å². The quantitative estimate of drug-likeness (QED) is 0.770. The van der Waals surface area contributed by atoms with Gasteiger partial charge in [-0.05, 0) is 24.1 Å². The van der Waals surface area contributed by atoms with E-state index in [0.717, 1.165) is 5.56 Å². The Hall–Kier alpha value is -1.76. The molecule has 0 aromatic heterocycles. The van der Waals surface area contributed by atoms with Crippen LogP contribution in [0.25, 0.3) is 0 Å². The molecule has 1 amide bonds. The lowest BCUT2D eigenvalue weighted by Gasteiger charge is -2.17. The third kappa shape index (κ3) is 2.11. The largest absolute Gasteiger partial charge is 0.311 e. The summed E-state index contributed by atoms with van der Waals surface area (Å²) in [5, 5.41) is -1.32. The molecule has 1 aromatic carbocycles. The van der Waals surface area contributed by atoms with Crippen LogP contribution in [0.15, 0.2) is 18.2 Å². The van der Waals surface area contributed by atoms with E-state index >= 15 is 0 Å². The summed E-state index contributed by atoms with van der Waals surface area (Å²) in [6, 6.07) is 5.03. The fourth-order valence-corrected chi connectivity index (χ4v) is 3.37. The molecule has 5 nitrogen and oxygen atoms in total. The van der Waals surface area contributed by atoms with Gasteiger partial charge >= 0.3 is 10.2 Å². The van der Waals surface area contributed by atoms with Crippen molar-refractivity contribution >= 4 is 27.6 Å². The van der Waals surface area contributed by atoms with E-state index < -0.39 is 21.4 Å². The summed E-state index contributed by atoms with van der Waals surface area (Å²) in [5.41, 5.74) is 1.96. The zero-order chi connectivity index (χ0) is 14.5. The number of benzene rings is 1. The molecule has 1 unspecified atom stereocenters. The number of nitrogens with zero attached hydrogens (tertiary/aromatic N) is 1. The molecule has 1 aromatic rings. The molecular weight excluding hydrogens is 285 g/mol. The highest BCUT2D eigenvalue weighted by molar-refractivity contribution is 7.87. The minimum absolute atomic E-state index is 0.0168. The lowest BCUT2D eigenvalue weighted by atomic mass is 10.1. The first-order valence-electron chi connectivity index (χ1n) is 6.26. The third-order valence-electron chi connectivity index (χ3n) is 3.81. The van der Waals surface area contributed by atoms with E-state index in [1.807, 2.05) is 0 Å². The predicted octanol–water partition coefficient (Wildman–Crippen LogP) is 1.22. The highest BCUT2D eigenvalue weighted by Crippen LogP contribution is 2.30. The van der Waals surface area contributed by atoms with Crippen LogP contribution in [0.5, 0.6) is 0 Å². The summed E-state index contributed by atoms with van der Waals surface area (Å²) in [6.07, 6.45) is 0.780. The summed E-state index contributed by atoms with van der Waals surface area (Å²) in [6.45, 7) is -0.204. The van der Waals surface area contributed by atoms with Gasteiger partial charge in [-0.3, -0.25) is 9.59 Å². The van der Waals surface area contributed by atoms with Gasteiger partial charge in [-0.25, -0.2) is 0 Å². The molecule has 0 bridgehead atoms. The second-order valence-electron chi connectivity index (χ2n) is 5.07. The number of aryl methyl sites for hydroxylation is 1. The van der Waals surface area contributed by atoms with Crippen molar-refractivity contribution in [2.24, 2.45) is 0 Å². The molecule has 1 atom stereocenters. The van der Waals surface area contributed by atoms with Gasteiger partial charge in [0.15, 0.2) is 5.78 Å². The first-order valence-corrected chi connectivity index (χ1v) is 7.71. The van der Waals surface area contributed by atoms with Crippen molar-refractivity contribution in [1.29, 1.82) is 0 Å². The number of fused-ring (bicyclic) bond motifs is 1. The summed E-state index contributed by atoms with van der Waals surface area (Å²) >= 11 is 0. The molecule has 0 saturated carbocycles. The van der Waals surface area contributed by atoms with Gasteiger partial charge in [-0.2, -0.15) is 8.42 Å². The van der Waals surface area contributed by atoms with Crippen LogP contribution in [0, 0.1) is 0 Å². The molecule has 1 fully saturated rings. The number of Topliss-reactive ketones (excluding diaryl/α,β-unsaturated/α-hetero) is 1. The Morgan fingerprint density at radius 2 is 1.95 bits per heavy atom. The number of rotatable bonds is 2. The zero-order valence-corrected chi connectivity index (χ0v) is 11.3. The number of ketones is 1. The van der Waals surface area contributed by atoms with Gasteiger partial charge in [-0.15, -0.1) is 3.89 Å². The van der Waals surface area contributed by atoms with Crippen molar-refractivity contribution in [3.8, 4) is 0 Å². The standard InChI is InChI=1S/C13H12FNO4S/c14-20(18,19)10-6-13(17)15(7-10)9-3-1-8-2-4-12(16)11(8)5-9/h1,3,5,10H,2,4,6-7H2. The number of carbonyl (C=O) groups excluding carboxylic acids is 2. The smallest absolute Gasteiger partial charge is 0.307 e. The fourth-order valence-electron chi connectivity index (χ4n) is 2.71. The van der Waals surface area contributed by atoms with Gasteiger partial charge in [-0.1, -0.05) is 6.07 Å². The Labute approximate surface area is 115 Å². The lowest BCUT2D eigenvalue weighted by Crippen LogP contribution is -2.27. The summed E-state index contributed by atoms with van der Waals surface area (Å²) in [7, 11) is -4.73. The molecule has 1 aliphatic carbocycles. The first kappa shape index (κ1) is 13.2. The van der Waals surface area contributed by atoms with E-state index in [4.69, 9.17) is 0 Å². The third-order valence-corrected chi connectivity index (χ3v) is 4.93. The molecule has 1 saturated heterocycles. The van der Waals surface area contributed by atoms with E-state index in [1.165, 1.54) is 4.90 Å². The number of anilines is 1. The van der Waals surface area contributed by atoms with Crippen LogP contribution in [0.2, 0.25) is 0 Å². The van der Waals surface area contributed by atoms with Crippen LogP contribution in [-0.2, 0) is 21.4 Å². The van der Waals surface area contributed by atoms with Gasteiger partial charge in [0, 0.05) is 30.6 Å². The normalized spacial score (nSPS) is 22.4. The first-order chi connectivity index (χ1) is 9.36. The van der Waals surface area contributed by atoms with Gasteiger partial charge in [0.05, 0.1) is 0 Å². The zero-order valence-electron chi connectivity index (χ0n) is 10.5. The van der Waals surface area contributed by atoms with E-state index in [9.17, 15) is 21.9 Å². The topological polar surface area (TPSA) is 71.5 Å². The molecule has 20 heavy (non-hydrogen) atoms. The second-order valence-corrected chi connectivity index (χ2v) is 6.69. The van der Waals surface area contributed by atoms with Crippen molar-refractivity contribution < 1.29 is 21.9 Å². The van der Waals surface area contributed by atoms with Crippen LogP contribution in [0.4, 0.5) is 9.57 Å². The minimum atomic E-state index is -4.73. The molecule has 2 aliphatic rings. The number of carbonyl (C=O) groups is 2. The minimum Gasteiger partial charge on any atom is -0.311 e. The lowest BCUT2D eigenvalue weighted by molar-refractivity contribution is -0.117. The monoisotopic (exact) mass is 297 g/mol. The Bertz CT molecular complexity index is 713. The maximum Gasteiger partial charge on any atom is 0.307 e. The molecular formula is C13H12FNO4S. The Morgan fingerprint density at radius 3 is 2.60 bits per heavy atom. The molecule has 0 spiro atoms. The van der Waals surface area contributed by atoms with E-state index in [-0.39, 0.29) is 18.7 Å². The van der Waals surface area contributed by atoms with Crippen LogP contribution in [0.3, 0.4) is 0 Å². The Kier molecular flexibility index (Phi) is 2.89. The van der Waals surface area contributed by atoms with Gasteiger partial charge in [0.1, 0.15) is 5.25 Å². The van der Waals surface area contributed by atoms with Crippen molar-refractivity contribution in [1.82, 2.24) is 0 Å². The fraction of sp³-hybridized carbons (Fsp3) is 0.385. The van der Waals surface area contributed by atoms with Crippen LogP contribution in [-0.4, -0.2) is 31.9 Å². The maximum atomic E-state index is 13.0. The molecule has 1 aliphatic heterocycles. The van der Waals surface area contributed by atoms with Gasteiger partial charge < -0.3 is 4.90 Å². The van der Waals surface area contributed by atoms with Crippen molar-refractivity contribution in [2.75, 3.05) is 11.4 Å². The van der Waals surface area contributed by atoms with Crippen LogP contribution < -0.4 is 4.90 Å². The molecule has 106 valence electrons. The van der Waals surface area contributed by atoms with E-state index in [2.05, 4.69) is 0 Å². The van der Waals surface area contributed by atoms with Crippen molar-refractivity contribution in [2.45, 2.75) is 24.5 Å². The Morgan fingerprint density at radius 1 is 1.20 bits per heavy atom. The number of hydrogen-bond acceptors (Lipinski definition) is 4. The maximum absolute atomic E-state index is 13.0. The molecule has 0 N–H and O–H groups in total. The highest BCUT2D eigenvalue weighted by Gasteiger charge is 2.39. The van der Waals surface area contributed by atoms with Crippen LogP contribution >= 0.6 is 0 Å². The number of amides is 1. The van der Waals surface area contributed by atoms with Crippen LogP contribution in [0.1, 0.15) is 28.8 Å². The predicted molar refractivity (Wildman–Crippen MR) is 69.9 cm³/mol.